The Morgan fingerprint density at radius 1 is 1.45 bits per heavy atom. The summed E-state index contributed by atoms with van der Waals surface area (Å²) in [5.74, 6) is -0.495. The molecule has 0 aliphatic heterocycles. The highest BCUT2D eigenvalue weighted by molar-refractivity contribution is 5.93. The number of hydrogen-bond acceptors (Lipinski definition) is 3. The van der Waals surface area contributed by atoms with Crippen LogP contribution in [0, 0.1) is 0 Å². The molecule has 0 atom stereocenters. The first-order chi connectivity index (χ1) is 10.4. The molecular weight excluding hydrogens is 297 g/mol. The first kappa shape index (κ1) is 14.6. The maximum absolute atomic E-state index is 13.2. The van der Waals surface area contributed by atoms with Crippen molar-refractivity contribution in [2.45, 2.75) is 24.9 Å². The van der Waals surface area contributed by atoms with Crippen molar-refractivity contribution in [3.63, 3.8) is 0 Å². The second-order valence-corrected chi connectivity index (χ2v) is 5.14. The van der Waals surface area contributed by atoms with Crippen LogP contribution in [0.25, 0.3) is 5.65 Å². The van der Waals surface area contributed by atoms with Gasteiger partial charge in [0.2, 0.25) is 0 Å². The molecule has 0 radical (unpaired) electrons. The average Bonchev–Trinajstić information content (AvgIpc) is 3.21. The van der Waals surface area contributed by atoms with Crippen LogP contribution < -0.4 is 5.32 Å². The Morgan fingerprint density at radius 2 is 2.18 bits per heavy atom. The van der Waals surface area contributed by atoms with E-state index in [9.17, 15) is 18.0 Å². The van der Waals surface area contributed by atoms with E-state index in [-0.39, 0.29) is 23.8 Å². The smallest absolute Gasteiger partial charge is 0.347 e. The molecule has 1 fully saturated rings. The largest absolute Gasteiger partial charge is 0.433 e. The van der Waals surface area contributed by atoms with Gasteiger partial charge in [-0.15, -0.1) is 6.58 Å². The lowest BCUT2D eigenvalue weighted by atomic mass is 10.2. The fraction of sp³-hybridized carbons (Fsp3) is 0.357. The lowest BCUT2D eigenvalue weighted by molar-refractivity contribution is -0.142. The third kappa shape index (κ3) is 2.68. The molecule has 5 nitrogen and oxygen atoms in total. The van der Waals surface area contributed by atoms with Gasteiger partial charge in [0.1, 0.15) is 5.69 Å². The molecule has 1 N–H and O–H groups in total. The molecule has 1 aliphatic carbocycles. The average molecular weight is 310 g/mol. The molecule has 8 heteroatoms. The van der Waals surface area contributed by atoms with Crippen LogP contribution in [0.2, 0.25) is 0 Å². The molecule has 2 heterocycles. The molecule has 3 rings (SSSR count). The van der Waals surface area contributed by atoms with Crippen molar-refractivity contribution < 1.29 is 18.0 Å². The molecule has 1 amide bonds. The number of aromatic nitrogens is 3. The number of nitrogens with one attached hydrogen (secondary N) is 1. The Balaban J connectivity index is 2.09. The van der Waals surface area contributed by atoms with Crippen LogP contribution in [-0.2, 0) is 6.18 Å². The Bertz CT molecular complexity index is 746. The number of amides is 1. The minimum atomic E-state index is -4.56. The van der Waals surface area contributed by atoms with Crippen LogP contribution >= 0.6 is 0 Å². The number of fused-ring (bicyclic) bond motifs is 1. The minimum Gasteiger partial charge on any atom is -0.347 e. The third-order valence-electron chi connectivity index (χ3n) is 3.37. The van der Waals surface area contributed by atoms with Crippen LogP contribution in [0.4, 0.5) is 13.2 Å². The Labute approximate surface area is 123 Å². The van der Waals surface area contributed by atoms with Gasteiger partial charge in [0, 0.05) is 24.2 Å². The molecule has 1 aliphatic rings. The van der Waals surface area contributed by atoms with Gasteiger partial charge < -0.3 is 5.32 Å². The fourth-order valence-electron chi connectivity index (χ4n) is 2.15. The number of alkyl halides is 3. The Kier molecular flexibility index (Phi) is 3.38. The topological polar surface area (TPSA) is 59.3 Å². The molecule has 22 heavy (non-hydrogen) atoms. The molecule has 0 spiro atoms. The van der Waals surface area contributed by atoms with E-state index in [0.717, 1.165) is 18.9 Å². The normalized spacial score (nSPS) is 15.0. The van der Waals surface area contributed by atoms with E-state index in [4.69, 9.17) is 0 Å². The van der Waals surface area contributed by atoms with Crippen LogP contribution in [0.3, 0.4) is 0 Å². The van der Waals surface area contributed by atoms with Crippen LogP contribution in [0.1, 0.15) is 40.6 Å². The van der Waals surface area contributed by atoms with Crippen molar-refractivity contribution in [2.75, 3.05) is 6.54 Å². The molecule has 0 aromatic carbocycles. The highest BCUT2D eigenvalue weighted by Crippen LogP contribution is 2.41. The van der Waals surface area contributed by atoms with Gasteiger partial charge in [-0.1, -0.05) is 6.08 Å². The summed E-state index contributed by atoms with van der Waals surface area (Å²) in [6.07, 6.45) is -1.42. The van der Waals surface area contributed by atoms with E-state index in [2.05, 4.69) is 22.0 Å². The predicted molar refractivity (Wildman–Crippen MR) is 72.5 cm³/mol. The molecule has 1 saturated carbocycles. The van der Waals surface area contributed by atoms with Gasteiger partial charge in [0.05, 0.1) is 0 Å². The van der Waals surface area contributed by atoms with E-state index in [0.29, 0.717) is 10.2 Å². The van der Waals surface area contributed by atoms with E-state index in [1.54, 1.807) is 0 Å². The quantitative estimate of drug-likeness (QED) is 0.883. The number of nitrogens with zero attached hydrogens (tertiary/aromatic N) is 3. The summed E-state index contributed by atoms with van der Waals surface area (Å²) in [5.41, 5.74) is -0.590. The third-order valence-corrected chi connectivity index (χ3v) is 3.37. The van der Waals surface area contributed by atoms with Gasteiger partial charge in [-0.2, -0.15) is 18.3 Å². The summed E-state index contributed by atoms with van der Waals surface area (Å²) in [7, 11) is 0. The van der Waals surface area contributed by atoms with E-state index in [1.807, 2.05) is 0 Å². The van der Waals surface area contributed by atoms with Crippen molar-refractivity contribution in [1.29, 1.82) is 0 Å². The molecule has 2 aromatic heterocycles. The lowest BCUT2D eigenvalue weighted by Gasteiger charge is -2.10. The predicted octanol–water partition coefficient (Wildman–Crippen LogP) is 2.54. The maximum atomic E-state index is 13.2. The second kappa shape index (κ2) is 5.11. The number of carbonyl (C=O) groups excluding carboxylic acids is 1. The highest BCUT2D eigenvalue weighted by atomic mass is 19.4. The van der Waals surface area contributed by atoms with Gasteiger partial charge in [-0.05, 0) is 18.9 Å². The zero-order valence-electron chi connectivity index (χ0n) is 11.5. The standard InChI is InChI=1S/C14H13F3N4O/c1-2-5-18-13(22)10-7-12-19-9(8-3-4-8)6-11(14(15,16)17)21(12)20-10/h2,6-8H,1,3-5H2,(H,18,22). The van der Waals surface area contributed by atoms with Crippen molar-refractivity contribution in [1.82, 2.24) is 19.9 Å². The molecule has 0 unspecified atom stereocenters. The zero-order valence-corrected chi connectivity index (χ0v) is 11.5. The van der Waals surface area contributed by atoms with Crippen molar-refractivity contribution in [3.8, 4) is 0 Å². The first-order valence-electron chi connectivity index (χ1n) is 6.77. The SMILES string of the molecule is C=CCNC(=O)c1cc2nc(C3CC3)cc(C(F)(F)F)n2n1. The van der Waals surface area contributed by atoms with Gasteiger partial charge in [0.25, 0.3) is 5.91 Å². The van der Waals surface area contributed by atoms with Gasteiger partial charge in [-0.25, -0.2) is 9.50 Å². The summed E-state index contributed by atoms with van der Waals surface area (Å²) in [6.45, 7) is 3.66. The molecular formula is C14H13F3N4O. The fourth-order valence-corrected chi connectivity index (χ4v) is 2.15. The highest BCUT2D eigenvalue weighted by Gasteiger charge is 2.37. The number of rotatable bonds is 4. The minimum absolute atomic E-state index is 0.0282. The van der Waals surface area contributed by atoms with Gasteiger partial charge in [0.15, 0.2) is 11.3 Å². The van der Waals surface area contributed by atoms with Crippen LogP contribution in [0.5, 0.6) is 0 Å². The van der Waals surface area contributed by atoms with Crippen molar-refractivity contribution in [3.05, 3.63) is 41.9 Å². The Hall–Kier alpha value is -2.38. The second-order valence-electron chi connectivity index (χ2n) is 5.14. The number of carbonyl (C=O) groups is 1. The molecule has 0 saturated heterocycles. The van der Waals surface area contributed by atoms with E-state index in [1.165, 1.54) is 12.1 Å². The molecule has 116 valence electrons. The lowest BCUT2D eigenvalue weighted by Crippen LogP contribution is -2.23. The van der Waals surface area contributed by atoms with Gasteiger partial charge in [-0.3, -0.25) is 4.79 Å². The zero-order chi connectivity index (χ0) is 15.9. The Morgan fingerprint density at radius 3 is 2.77 bits per heavy atom. The molecule has 2 aromatic rings. The monoisotopic (exact) mass is 310 g/mol. The van der Waals surface area contributed by atoms with Crippen molar-refractivity contribution >= 4 is 11.6 Å². The first-order valence-corrected chi connectivity index (χ1v) is 6.77. The summed E-state index contributed by atoms with van der Waals surface area (Å²) in [4.78, 5) is 16.0. The summed E-state index contributed by atoms with van der Waals surface area (Å²) < 4.78 is 40.3. The maximum Gasteiger partial charge on any atom is 0.433 e. The number of hydrogen-bond donors (Lipinski definition) is 1. The summed E-state index contributed by atoms with van der Waals surface area (Å²) >= 11 is 0. The molecule has 0 bridgehead atoms. The number of halogens is 3. The summed E-state index contributed by atoms with van der Waals surface area (Å²) in [5, 5.41) is 6.22. The van der Waals surface area contributed by atoms with E-state index >= 15 is 0 Å². The van der Waals surface area contributed by atoms with Crippen LogP contribution in [0.15, 0.2) is 24.8 Å². The van der Waals surface area contributed by atoms with Crippen LogP contribution in [-0.4, -0.2) is 27.0 Å². The van der Waals surface area contributed by atoms with Crippen molar-refractivity contribution in [2.24, 2.45) is 0 Å². The van der Waals surface area contributed by atoms with Gasteiger partial charge >= 0.3 is 6.18 Å². The summed E-state index contributed by atoms with van der Waals surface area (Å²) in [6, 6.07) is 2.28. The van der Waals surface area contributed by atoms with E-state index < -0.39 is 17.8 Å².